The first-order chi connectivity index (χ1) is 71.0. The van der Waals surface area contributed by atoms with Crippen LogP contribution in [0.1, 0.15) is 99.9 Å². The van der Waals surface area contributed by atoms with E-state index in [2.05, 4.69) is 555 Å². The topological polar surface area (TPSA) is 22.9 Å². The van der Waals surface area contributed by atoms with Crippen LogP contribution in [0.25, 0.3) is 164 Å². The maximum Gasteiger partial charge on any atom is 0.143 e. The summed E-state index contributed by atoms with van der Waals surface area (Å²) < 4.78 is 9.34. The monoisotopic (exact) mass is 1880 g/mol. The van der Waals surface area contributed by atoms with Crippen LogP contribution in [0.15, 0.2) is 496 Å². The smallest absolute Gasteiger partial charge is 0.143 e. The third kappa shape index (κ3) is 14.6. The molecule has 2 heterocycles. The van der Waals surface area contributed by atoms with E-state index in [1.165, 1.54) is 187 Å². The van der Waals surface area contributed by atoms with Gasteiger partial charge in [0.15, 0.2) is 0 Å². The molecule has 0 radical (unpaired) electrons. The van der Waals surface area contributed by atoms with E-state index in [0.717, 1.165) is 72.9 Å². The van der Waals surface area contributed by atoms with Gasteiger partial charge in [-0.3, -0.25) is 0 Å². The van der Waals surface area contributed by atoms with Crippen molar-refractivity contribution in [2.75, 3.05) is 14.7 Å². The van der Waals surface area contributed by atoms with Gasteiger partial charge in [-0.05, 0) is 253 Å². The molecule has 28 rings (SSSR count). The summed E-state index contributed by atoms with van der Waals surface area (Å²) in [6, 6.07) is 179. The van der Waals surface area contributed by atoms with Crippen molar-refractivity contribution in [3.63, 3.8) is 0 Å². The number of rotatable bonds is 14. The predicted octanol–water partition coefficient (Wildman–Crippen LogP) is 39.6. The van der Waals surface area contributed by atoms with Crippen LogP contribution in [-0.2, 0) is 21.7 Å². The predicted molar refractivity (Wildman–Crippen MR) is 616 cm³/mol. The molecular formula is C140H105N3OS. The first-order valence-corrected chi connectivity index (χ1v) is 51.5. The van der Waals surface area contributed by atoms with Gasteiger partial charge < -0.3 is 19.1 Å². The lowest BCUT2D eigenvalue weighted by molar-refractivity contribution is 0.660. The zero-order chi connectivity index (χ0) is 97.6. The Morgan fingerprint density at radius 1 is 0.200 bits per heavy atom. The Balaban J connectivity index is 0.000000111. The first kappa shape index (κ1) is 88.0. The highest BCUT2D eigenvalue weighted by atomic mass is 32.1. The summed E-state index contributed by atoms with van der Waals surface area (Å²) in [7, 11) is 0. The Hall–Kier alpha value is -17.2. The lowest BCUT2D eigenvalue weighted by Gasteiger charge is -2.30. The SMILES string of the molecule is CC1(C)c2ccccc2-c2ccc(-c3ccc(N(c4ccccc4)c4cccc5c4sc4ccc6c(c45)C(C)(C)c4ccccc4-6)cc3)cc21.CC1(C)c2ccccc2-c2ccc(N(c3ccc(-c4ccccc4)cc3)c3ccccc3-c3cccc4c3-c3ccccc3C4(C)C)cc21.c1ccc(-c2cccc3c2oc2cc(N(c4ccc(-c5cccc6ccccc56)cc4)c4cccc5ccccc45)ccc23)cc1. The van der Waals surface area contributed by atoms with Crippen molar-refractivity contribution in [2.45, 2.75) is 77.0 Å². The van der Waals surface area contributed by atoms with Gasteiger partial charge in [-0.1, -0.05) is 438 Å². The molecule has 0 saturated carbocycles. The van der Waals surface area contributed by atoms with E-state index in [9.17, 15) is 0 Å². The molecule has 145 heavy (non-hydrogen) atoms. The minimum absolute atomic E-state index is 0.0208. The maximum absolute atomic E-state index is 6.68. The Morgan fingerprint density at radius 3 is 1.24 bits per heavy atom. The second-order valence-corrected chi connectivity index (χ2v) is 42.3. The zero-order valence-corrected chi connectivity index (χ0v) is 83.2. The average Bonchev–Trinajstić information content (AvgIpc) is 1.54. The molecule has 2 aromatic heterocycles. The van der Waals surface area contributed by atoms with Crippen molar-refractivity contribution in [1.29, 1.82) is 0 Å². The molecule has 24 aromatic rings. The molecule has 22 aromatic carbocycles. The molecule has 0 saturated heterocycles. The number of thiophene rings is 1. The molecule has 0 aliphatic heterocycles. The van der Waals surface area contributed by atoms with Crippen molar-refractivity contribution in [2.24, 2.45) is 0 Å². The molecule has 0 spiro atoms. The van der Waals surface area contributed by atoms with E-state index in [0.29, 0.717) is 0 Å². The summed E-state index contributed by atoms with van der Waals surface area (Å²) in [5.74, 6) is 0. The molecule has 692 valence electrons. The molecule has 4 aliphatic rings. The number of hydrogen-bond donors (Lipinski definition) is 0. The minimum atomic E-state index is -0.0974. The Bertz CT molecular complexity index is 9230. The third-order valence-corrected chi connectivity index (χ3v) is 32.8. The molecule has 4 nitrogen and oxygen atoms in total. The normalized spacial score (nSPS) is 13.6. The van der Waals surface area contributed by atoms with Crippen molar-refractivity contribution in [3.05, 3.63) is 536 Å². The summed E-state index contributed by atoms with van der Waals surface area (Å²) in [4.78, 5) is 7.25. The molecule has 0 unspecified atom stereocenters. The second-order valence-electron chi connectivity index (χ2n) is 41.2. The van der Waals surface area contributed by atoms with Gasteiger partial charge in [-0.15, -0.1) is 11.3 Å². The number of hydrogen-bond acceptors (Lipinski definition) is 5. The number of fused-ring (bicyclic) bond motifs is 21. The van der Waals surface area contributed by atoms with Crippen LogP contribution in [0, 0.1) is 0 Å². The number of anilines is 9. The van der Waals surface area contributed by atoms with Crippen molar-refractivity contribution in [1.82, 2.24) is 0 Å². The average molecular weight is 1880 g/mol. The first-order valence-electron chi connectivity index (χ1n) is 50.7. The van der Waals surface area contributed by atoms with Crippen LogP contribution in [0.4, 0.5) is 51.2 Å². The van der Waals surface area contributed by atoms with Gasteiger partial charge in [-0.2, -0.15) is 0 Å². The van der Waals surface area contributed by atoms with Gasteiger partial charge in [0.1, 0.15) is 11.2 Å². The fraction of sp³-hybridized carbons (Fsp3) is 0.0857. The van der Waals surface area contributed by atoms with E-state index in [1.807, 2.05) is 17.4 Å². The molecule has 0 fully saturated rings. The fourth-order valence-electron chi connectivity index (χ4n) is 24.4. The van der Waals surface area contributed by atoms with E-state index in [4.69, 9.17) is 4.42 Å². The van der Waals surface area contributed by atoms with Gasteiger partial charge >= 0.3 is 0 Å². The van der Waals surface area contributed by atoms with Crippen LogP contribution in [0.2, 0.25) is 0 Å². The Morgan fingerprint density at radius 2 is 0.572 bits per heavy atom. The van der Waals surface area contributed by atoms with E-state index in [-0.39, 0.29) is 21.7 Å². The molecule has 5 heteroatoms. The van der Waals surface area contributed by atoms with Gasteiger partial charge in [0.05, 0.1) is 21.8 Å². The van der Waals surface area contributed by atoms with Gasteiger partial charge in [0.2, 0.25) is 0 Å². The van der Waals surface area contributed by atoms with Crippen molar-refractivity contribution in [3.8, 4) is 100 Å². The quantitative estimate of drug-likeness (QED) is 0.108. The lowest BCUT2D eigenvalue weighted by atomic mass is 9.80. The van der Waals surface area contributed by atoms with E-state index >= 15 is 0 Å². The molecule has 0 bridgehead atoms. The molecular weight excluding hydrogens is 1770 g/mol. The van der Waals surface area contributed by atoms with Crippen LogP contribution in [-0.4, -0.2) is 0 Å². The molecule has 0 amide bonds. The molecule has 0 N–H and O–H groups in total. The van der Waals surface area contributed by atoms with Crippen LogP contribution < -0.4 is 14.7 Å². The Kier molecular flexibility index (Phi) is 21.2. The van der Waals surface area contributed by atoms with Crippen LogP contribution >= 0.6 is 11.3 Å². The maximum atomic E-state index is 6.68. The summed E-state index contributed by atoms with van der Waals surface area (Å²) >= 11 is 1.92. The summed E-state index contributed by atoms with van der Waals surface area (Å²) in [6.07, 6.45) is 0. The highest BCUT2D eigenvalue weighted by Gasteiger charge is 2.42. The van der Waals surface area contributed by atoms with Gasteiger partial charge in [-0.25, -0.2) is 0 Å². The minimum Gasteiger partial charge on any atom is -0.455 e. The highest BCUT2D eigenvalue weighted by Crippen LogP contribution is 2.60. The number of furan rings is 1. The summed E-state index contributed by atoms with van der Waals surface area (Å²) in [5, 5.41) is 9.87. The number of nitrogens with zero attached hydrogens (tertiary/aromatic N) is 3. The van der Waals surface area contributed by atoms with Crippen molar-refractivity contribution < 1.29 is 4.42 Å². The number of para-hydroxylation sites is 3. The van der Waals surface area contributed by atoms with E-state index in [1.54, 1.807) is 0 Å². The summed E-state index contributed by atoms with van der Waals surface area (Å²) in [5.41, 5.74) is 45.9. The Labute approximate surface area is 852 Å². The van der Waals surface area contributed by atoms with Gasteiger partial charge in [0.25, 0.3) is 0 Å². The fourth-order valence-corrected chi connectivity index (χ4v) is 25.7. The van der Waals surface area contributed by atoms with Crippen molar-refractivity contribution >= 4 is 126 Å². The molecule has 4 aliphatic carbocycles. The summed E-state index contributed by atoms with van der Waals surface area (Å²) in [6.45, 7) is 18.9. The van der Waals surface area contributed by atoms with Gasteiger partial charge in [0, 0.05) is 105 Å². The largest absolute Gasteiger partial charge is 0.455 e. The highest BCUT2D eigenvalue weighted by molar-refractivity contribution is 7.26. The number of benzene rings is 22. The van der Waals surface area contributed by atoms with Crippen LogP contribution in [0.5, 0.6) is 0 Å². The third-order valence-electron chi connectivity index (χ3n) is 31.6. The van der Waals surface area contributed by atoms with Crippen LogP contribution in [0.3, 0.4) is 0 Å². The second kappa shape index (κ2) is 34.9. The molecule has 0 atom stereocenters. The lowest BCUT2D eigenvalue weighted by Crippen LogP contribution is -2.17. The zero-order valence-electron chi connectivity index (χ0n) is 82.4. The van der Waals surface area contributed by atoms with E-state index < -0.39 is 0 Å². The standard InChI is InChI=1S/C48H37NS.C48H39N.C44H29NO/c1-47(2)39-18-10-8-15-34(39)36-26-23-31(29-41(36)47)30-21-24-33(25-22-30)49(32-13-6-5-7-14-32)42-20-12-17-38-44-43(50-46(38)42)28-27-37-35-16-9-11-19-40(35)48(3,4)45(37)44;1-47(2)42-22-12-9-19-40(42)46-39(20-14-23-43(46)47)38-18-10-13-24-45(38)49(34-27-25-33(26-28-34)32-15-6-5-7-16-32)35-29-30-37-36-17-8-11-21-41(36)48(3,4)44(37)31-35;1-2-11-32(12-3-1)39-20-10-21-41-40-28-27-35(29-43(40)46-44(39)41)45(42-22-9-16-31-14-5-7-18-38(31)42)34-25-23-33(24-26-34)37-19-8-15-30-13-4-6-17-36(30)37/h5-29H,1-4H3;5-31H,1-4H3;1-29H.